The molecular weight excluding hydrogens is 274 g/mol. The van der Waals surface area contributed by atoms with Crippen LogP contribution in [0.4, 0.5) is 0 Å². The third-order valence-electron chi connectivity index (χ3n) is 5.00. The van der Waals surface area contributed by atoms with Gasteiger partial charge in [0.15, 0.2) is 5.96 Å². The van der Waals surface area contributed by atoms with E-state index in [1.165, 1.54) is 18.4 Å². The van der Waals surface area contributed by atoms with Crippen molar-refractivity contribution in [3.05, 3.63) is 29.8 Å². The van der Waals surface area contributed by atoms with E-state index >= 15 is 0 Å². The summed E-state index contributed by atoms with van der Waals surface area (Å²) in [5.41, 5.74) is 7.65. The molecule has 120 valence electrons. The highest BCUT2D eigenvalue weighted by Crippen LogP contribution is 2.47. The predicted octanol–water partition coefficient (Wildman–Crippen LogP) is 3.24. The fourth-order valence-corrected chi connectivity index (χ4v) is 3.25. The fraction of sp³-hybridized carbons (Fsp3) is 0.611. The second-order valence-corrected chi connectivity index (χ2v) is 7.15. The molecule has 1 atom stereocenters. The van der Waals surface area contributed by atoms with Gasteiger partial charge in [0.25, 0.3) is 0 Å². The number of aliphatic imine (C=N–C) groups is 1. The zero-order valence-electron chi connectivity index (χ0n) is 13.6. The van der Waals surface area contributed by atoms with Crippen LogP contribution in [0.25, 0.3) is 0 Å². The number of benzene rings is 1. The normalized spacial score (nSPS) is 21.9. The van der Waals surface area contributed by atoms with Crippen molar-refractivity contribution in [3.8, 4) is 5.75 Å². The van der Waals surface area contributed by atoms with E-state index in [4.69, 9.17) is 10.5 Å². The maximum Gasteiger partial charge on any atom is 0.189 e. The molecule has 1 aliphatic heterocycles. The molecule has 0 saturated heterocycles. The van der Waals surface area contributed by atoms with Crippen molar-refractivity contribution >= 4 is 5.96 Å². The van der Waals surface area contributed by atoms with Gasteiger partial charge in [-0.1, -0.05) is 32.0 Å². The van der Waals surface area contributed by atoms with Crippen LogP contribution in [-0.2, 0) is 0 Å². The molecular formula is C18H27N3O. The van der Waals surface area contributed by atoms with Crippen molar-refractivity contribution in [2.75, 3.05) is 13.2 Å². The average Bonchev–Trinajstić information content (AvgIpc) is 3.32. The number of nitrogens with two attached hydrogens (primary N) is 1. The van der Waals surface area contributed by atoms with E-state index in [1.54, 1.807) is 0 Å². The molecule has 0 amide bonds. The smallest absolute Gasteiger partial charge is 0.189 e. The Kier molecular flexibility index (Phi) is 4.27. The van der Waals surface area contributed by atoms with Gasteiger partial charge in [0, 0.05) is 18.5 Å². The number of hydrogen-bond donors (Lipinski definition) is 2. The summed E-state index contributed by atoms with van der Waals surface area (Å²) in [5.74, 6) is 2.39. The summed E-state index contributed by atoms with van der Waals surface area (Å²) in [4.78, 5) is 4.53. The first-order valence-corrected chi connectivity index (χ1v) is 8.34. The van der Waals surface area contributed by atoms with Crippen LogP contribution in [0.15, 0.2) is 29.3 Å². The predicted molar refractivity (Wildman–Crippen MR) is 90.0 cm³/mol. The van der Waals surface area contributed by atoms with Crippen LogP contribution in [0, 0.1) is 11.3 Å². The zero-order valence-corrected chi connectivity index (χ0v) is 13.6. The van der Waals surface area contributed by atoms with Crippen LogP contribution in [-0.4, -0.2) is 19.1 Å². The maximum atomic E-state index is 6.08. The van der Waals surface area contributed by atoms with Crippen LogP contribution >= 0.6 is 0 Å². The highest BCUT2D eigenvalue weighted by atomic mass is 16.5. The number of fused-ring (bicyclic) bond motifs is 1. The van der Waals surface area contributed by atoms with E-state index < -0.39 is 0 Å². The van der Waals surface area contributed by atoms with Crippen molar-refractivity contribution < 1.29 is 4.74 Å². The summed E-state index contributed by atoms with van der Waals surface area (Å²) in [6.07, 6.45) is 4.78. The lowest BCUT2D eigenvalue weighted by atomic mass is 9.84. The number of rotatable bonds is 5. The van der Waals surface area contributed by atoms with Crippen molar-refractivity contribution in [3.63, 3.8) is 0 Å². The molecule has 0 spiro atoms. The van der Waals surface area contributed by atoms with Crippen molar-refractivity contribution in [1.29, 1.82) is 0 Å². The zero-order chi connectivity index (χ0) is 15.6. The second kappa shape index (κ2) is 6.19. The van der Waals surface area contributed by atoms with E-state index in [2.05, 4.69) is 30.2 Å². The topological polar surface area (TPSA) is 59.6 Å². The molecule has 1 aliphatic carbocycles. The Morgan fingerprint density at radius 2 is 2.09 bits per heavy atom. The first-order chi connectivity index (χ1) is 10.6. The molecule has 1 heterocycles. The van der Waals surface area contributed by atoms with E-state index in [9.17, 15) is 0 Å². The van der Waals surface area contributed by atoms with Gasteiger partial charge in [0.2, 0.25) is 0 Å². The standard InChI is InChI=1S/C18H27N3O/c1-18(2,13-7-8-13)10-11-20-17(19)21-15-9-12-22-16-6-4-3-5-14(15)16/h3-6,13,15H,7-12H2,1-2H3,(H3,19,20,21). The minimum Gasteiger partial charge on any atom is -0.493 e. The van der Waals surface area contributed by atoms with Gasteiger partial charge in [-0.25, -0.2) is 0 Å². The summed E-state index contributed by atoms with van der Waals surface area (Å²) >= 11 is 0. The molecule has 0 bridgehead atoms. The van der Waals surface area contributed by atoms with Crippen molar-refractivity contribution in [2.45, 2.75) is 45.6 Å². The van der Waals surface area contributed by atoms with E-state index in [0.717, 1.165) is 37.7 Å². The summed E-state index contributed by atoms with van der Waals surface area (Å²) in [5, 5.41) is 3.35. The Bertz CT molecular complexity index is 549. The molecule has 4 nitrogen and oxygen atoms in total. The Hall–Kier alpha value is -1.71. The third-order valence-corrected chi connectivity index (χ3v) is 5.00. The lowest BCUT2D eigenvalue weighted by Gasteiger charge is -2.27. The molecule has 4 heteroatoms. The van der Waals surface area contributed by atoms with Crippen LogP contribution in [0.1, 0.15) is 51.1 Å². The highest BCUT2D eigenvalue weighted by Gasteiger charge is 2.36. The first kappa shape index (κ1) is 15.2. The molecule has 0 radical (unpaired) electrons. The van der Waals surface area contributed by atoms with Crippen LogP contribution < -0.4 is 15.8 Å². The summed E-state index contributed by atoms with van der Waals surface area (Å²) < 4.78 is 5.67. The van der Waals surface area contributed by atoms with E-state index in [1.807, 2.05) is 18.2 Å². The first-order valence-electron chi connectivity index (χ1n) is 8.34. The molecule has 22 heavy (non-hydrogen) atoms. The maximum absolute atomic E-state index is 6.08. The van der Waals surface area contributed by atoms with Crippen LogP contribution in [0.5, 0.6) is 5.75 Å². The Balaban J connectivity index is 1.55. The van der Waals surface area contributed by atoms with Gasteiger partial charge in [-0.3, -0.25) is 4.99 Å². The molecule has 1 unspecified atom stereocenters. The van der Waals surface area contributed by atoms with Crippen LogP contribution in [0.2, 0.25) is 0 Å². The monoisotopic (exact) mass is 301 g/mol. The molecule has 3 rings (SSSR count). The Morgan fingerprint density at radius 1 is 1.32 bits per heavy atom. The molecule has 1 saturated carbocycles. The fourth-order valence-electron chi connectivity index (χ4n) is 3.25. The van der Waals surface area contributed by atoms with Gasteiger partial charge in [0.05, 0.1) is 12.6 Å². The molecule has 2 aliphatic rings. The van der Waals surface area contributed by atoms with Gasteiger partial charge in [-0.05, 0) is 36.7 Å². The van der Waals surface area contributed by atoms with Gasteiger partial charge < -0.3 is 15.8 Å². The second-order valence-electron chi connectivity index (χ2n) is 7.15. The summed E-state index contributed by atoms with van der Waals surface area (Å²) in [6.45, 7) is 6.21. The highest BCUT2D eigenvalue weighted by molar-refractivity contribution is 5.78. The number of ether oxygens (including phenoxy) is 1. The van der Waals surface area contributed by atoms with Gasteiger partial charge in [-0.15, -0.1) is 0 Å². The number of guanidine groups is 1. The number of hydrogen-bond acceptors (Lipinski definition) is 2. The van der Waals surface area contributed by atoms with Crippen LogP contribution in [0.3, 0.4) is 0 Å². The van der Waals surface area contributed by atoms with Crippen molar-refractivity contribution in [1.82, 2.24) is 5.32 Å². The quantitative estimate of drug-likeness (QED) is 0.648. The largest absolute Gasteiger partial charge is 0.493 e. The third kappa shape index (κ3) is 3.54. The minimum absolute atomic E-state index is 0.199. The molecule has 3 N–H and O–H groups in total. The van der Waals surface area contributed by atoms with Gasteiger partial charge >= 0.3 is 0 Å². The minimum atomic E-state index is 0.199. The number of nitrogens with zero attached hydrogens (tertiary/aromatic N) is 1. The molecule has 1 aromatic carbocycles. The van der Waals surface area contributed by atoms with Crippen molar-refractivity contribution in [2.24, 2.45) is 22.1 Å². The molecule has 1 fully saturated rings. The SMILES string of the molecule is CC(C)(CCN=C(N)NC1CCOc2ccccc21)C1CC1. The van der Waals surface area contributed by atoms with E-state index in [-0.39, 0.29) is 6.04 Å². The number of nitrogens with one attached hydrogen (secondary N) is 1. The summed E-state index contributed by atoms with van der Waals surface area (Å²) in [6, 6.07) is 8.33. The molecule has 1 aromatic rings. The molecule has 0 aromatic heterocycles. The average molecular weight is 301 g/mol. The van der Waals surface area contributed by atoms with Gasteiger partial charge in [0.1, 0.15) is 5.75 Å². The van der Waals surface area contributed by atoms with Gasteiger partial charge in [-0.2, -0.15) is 0 Å². The lowest BCUT2D eigenvalue weighted by molar-refractivity contribution is 0.262. The Labute approximate surface area is 133 Å². The summed E-state index contributed by atoms with van der Waals surface area (Å²) in [7, 11) is 0. The number of para-hydroxylation sites is 1. The Morgan fingerprint density at radius 3 is 2.86 bits per heavy atom. The van der Waals surface area contributed by atoms with E-state index in [0.29, 0.717) is 11.4 Å². The lowest BCUT2D eigenvalue weighted by Crippen LogP contribution is -2.37.